The number of hydrogen-bond acceptors (Lipinski definition) is 3. The van der Waals surface area contributed by atoms with Crippen LogP contribution in [-0.4, -0.2) is 34.0 Å². The fourth-order valence-electron chi connectivity index (χ4n) is 1.81. The van der Waals surface area contributed by atoms with Gasteiger partial charge in [-0.25, -0.2) is 4.79 Å². The van der Waals surface area contributed by atoms with Crippen LogP contribution in [0.4, 0.5) is 0 Å². The molecule has 92 valence electrons. The number of carboxylic acid groups (broad SMARTS) is 1. The molecule has 1 aromatic heterocycles. The van der Waals surface area contributed by atoms with Gasteiger partial charge in [0.15, 0.2) is 0 Å². The highest BCUT2D eigenvalue weighted by Crippen LogP contribution is 2.31. The van der Waals surface area contributed by atoms with Crippen LogP contribution in [0.2, 0.25) is 0 Å². The van der Waals surface area contributed by atoms with Crippen molar-refractivity contribution < 1.29 is 14.7 Å². The largest absolute Gasteiger partial charge is 0.480 e. The third-order valence-corrected chi connectivity index (χ3v) is 3.89. The first-order valence-electron chi connectivity index (χ1n) is 5.62. The summed E-state index contributed by atoms with van der Waals surface area (Å²) in [7, 11) is 0. The van der Waals surface area contributed by atoms with Crippen LogP contribution in [0.1, 0.15) is 34.3 Å². The summed E-state index contributed by atoms with van der Waals surface area (Å²) in [6.45, 7) is 3.50. The van der Waals surface area contributed by atoms with E-state index in [4.69, 9.17) is 5.11 Å². The zero-order valence-corrected chi connectivity index (χ0v) is 10.7. The van der Waals surface area contributed by atoms with Gasteiger partial charge in [0.05, 0.1) is 4.88 Å². The summed E-state index contributed by atoms with van der Waals surface area (Å²) in [6.07, 6.45) is 1.82. The van der Waals surface area contributed by atoms with Crippen molar-refractivity contribution in [3.05, 3.63) is 21.9 Å². The quantitative estimate of drug-likeness (QED) is 0.894. The zero-order valence-electron chi connectivity index (χ0n) is 9.84. The average Bonchev–Trinajstić information content (AvgIpc) is 3.00. The predicted molar refractivity (Wildman–Crippen MR) is 65.3 cm³/mol. The number of carboxylic acids is 1. The summed E-state index contributed by atoms with van der Waals surface area (Å²) in [4.78, 5) is 26.5. The Hall–Kier alpha value is -1.36. The van der Waals surface area contributed by atoms with Crippen LogP contribution in [0, 0.1) is 6.92 Å². The van der Waals surface area contributed by atoms with Gasteiger partial charge in [0.1, 0.15) is 6.04 Å². The van der Waals surface area contributed by atoms with Gasteiger partial charge in [-0.1, -0.05) is 0 Å². The Kier molecular flexibility index (Phi) is 3.19. The predicted octanol–water partition coefficient (Wildman–Crippen LogP) is 2.13. The van der Waals surface area contributed by atoms with E-state index >= 15 is 0 Å². The molecule has 0 aliphatic heterocycles. The molecule has 1 aliphatic rings. The van der Waals surface area contributed by atoms with Gasteiger partial charge in [0.25, 0.3) is 5.91 Å². The molecule has 0 radical (unpaired) electrons. The maximum Gasteiger partial charge on any atom is 0.326 e. The van der Waals surface area contributed by atoms with E-state index in [9.17, 15) is 9.59 Å². The second-order valence-corrected chi connectivity index (χ2v) is 5.66. The second kappa shape index (κ2) is 4.49. The molecule has 1 unspecified atom stereocenters. The molecule has 1 amide bonds. The molecule has 4 nitrogen and oxygen atoms in total. The molecule has 0 bridgehead atoms. The maximum atomic E-state index is 12.3. The van der Waals surface area contributed by atoms with Crippen LogP contribution in [0.3, 0.4) is 0 Å². The molecule has 1 aliphatic carbocycles. The highest BCUT2D eigenvalue weighted by molar-refractivity contribution is 7.13. The first-order chi connectivity index (χ1) is 8.00. The van der Waals surface area contributed by atoms with E-state index in [1.807, 2.05) is 13.0 Å². The number of carbonyl (C=O) groups excluding carboxylic acids is 1. The molecule has 17 heavy (non-hydrogen) atoms. The van der Waals surface area contributed by atoms with Crippen LogP contribution < -0.4 is 0 Å². The van der Waals surface area contributed by atoms with Gasteiger partial charge < -0.3 is 10.0 Å². The third-order valence-electron chi connectivity index (χ3n) is 2.90. The normalized spacial score (nSPS) is 16.6. The topological polar surface area (TPSA) is 57.6 Å². The minimum absolute atomic E-state index is 0.107. The van der Waals surface area contributed by atoms with Crippen LogP contribution in [-0.2, 0) is 4.79 Å². The van der Waals surface area contributed by atoms with Crippen molar-refractivity contribution in [3.63, 3.8) is 0 Å². The number of nitrogens with zero attached hydrogens (tertiary/aromatic N) is 1. The van der Waals surface area contributed by atoms with E-state index in [0.29, 0.717) is 4.88 Å². The van der Waals surface area contributed by atoms with Crippen molar-refractivity contribution in [2.24, 2.45) is 0 Å². The Labute approximate surface area is 104 Å². The lowest BCUT2D eigenvalue weighted by atomic mass is 10.2. The lowest BCUT2D eigenvalue weighted by molar-refractivity contribution is -0.141. The molecule has 1 fully saturated rings. The second-order valence-electron chi connectivity index (χ2n) is 4.37. The minimum Gasteiger partial charge on any atom is -0.480 e. The van der Waals surface area contributed by atoms with Crippen molar-refractivity contribution in [2.45, 2.75) is 38.8 Å². The van der Waals surface area contributed by atoms with Gasteiger partial charge in [0.2, 0.25) is 0 Å². The SMILES string of the molecule is Cc1ccc(C(=O)N(C2CC2)C(C)C(=O)O)s1. The Morgan fingerprint density at radius 2 is 2.12 bits per heavy atom. The fraction of sp³-hybridized carbons (Fsp3) is 0.500. The van der Waals surface area contributed by atoms with Crippen molar-refractivity contribution in [3.8, 4) is 0 Å². The van der Waals surface area contributed by atoms with Gasteiger partial charge in [-0.15, -0.1) is 11.3 Å². The lowest BCUT2D eigenvalue weighted by Crippen LogP contribution is -2.44. The van der Waals surface area contributed by atoms with Crippen LogP contribution in [0.25, 0.3) is 0 Å². The maximum absolute atomic E-state index is 12.3. The summed E-state index contributed by atoms with van der Waals surface area (Å²) in [5.74, 6) is -1.10. The molecule has 0 aromatic carbocycles. The van der Waals surface area contributed by atoms with E-state index in [1.54, 1.807) is 13.0 Å². The number of carbonyl (C=O) groups is 2. The standard InChI is InChI=1S/C12H15NO3S/c1-7-3-6-10(17-7)11(14)13(9-4-5-9)8(2)12(15)16/h3,6,8-9H,4-5H2,1-2H3,(H,15,16). The first-order valence-corrected chi connectivity index (χ1v) is 6.44. The molecule has 0 saturated heterocycles. The Balaban J connectivity index is 2.21. The molecule has 0 spiro atoms. The molecular formula is C12H15NO3S. The monoisotopic (exact) mass is 253 g/mol. The number of hydrogen-bond donors (Lipinski definition) is 1. The minimum atomic E-state index is -0.946. The molecule has 5 heteroatoms. The van der Waals surface area contributed by atoms with Gasteiger partial charge >= 0.3 is 5.97 Å². The first kappa shape index (κ1) is 12.1. The smallest absolute Gasteiger partial charge is 0.326 e. The van der Waals surface area contributed by atoms with Crippen LogP contribution in [0.15, 0.2) is 12.1 Å². The van der Waals surface area contributed by atoms with E-state index in [-0.39, 0.29) is 11.9 Å². The van der Waals surface area contributed by atoms with E-state index < -0.39 is 12.0 Å². The number of aliphatic carboxylic acids is 1. The zero-order chi connectivity index (χ0) is 12.6. The third kappa shape index (κ3) is 2.49. The van der Waals surface area contributed by atoms with Gasteiger partial charge in [0, 0.05) is 10.9 Å². The van der Waals surface area contributed by atoms with Gasteiger partial charge in [-0.05, 0) is 38.8 Å². The molecule has 1 atom stereocenters. The number of amides is 1. The van der Waals surface area contributed by atoms with Gasteiger partial charge in [-0.3, -0.25) is 4.79 Å². The van der Waals surface area contributed by atoms with Gasteiger partial charge in [-0.2, -0.15) is 0 Å². The van der Waals surface area contributed by atoms with Crippen LogP contribution in [0.5, 0.6) is 0 Å². The molecular weight excluding hydrogens is 238 g/mol. The average molecular weight is 253 g/mol. The highest BCUT2D eigenvalue weighted by Gasteiger charge is 2.39. The Morgan fingerprint density at radius 3 is 2.53 bits per heavy atom. The molecule has 1 N–H and O–H groups in total. The summed E-state index contributed by atoms with van der Waals surface area (Å²) in [6, 6.07) is 3.01. The fourth-order valence-corrected chi connectivity index (χ4v) is 2.62. The van der Waals surface area contributed by atoms with E-state index in [0.717, 1.165) is 17.7 Å². The summed E-state index contributed by atoms with van der Waals surface area (Å²) >= 11 is 1.41. The lowest BCUT2D eigenvalue weighted by Gasteiger charge is -2.25. The molecule has 1 heterocycles. The number of aryl methyl sites for hydroxylation is 1. The molecule has 1 saturated carbocycles. The highest BCUT2D eigenvalue weighted by atomic mass is 32.1. The molecule has 1 aromatic rings. The number of thiophene rings is 1. The van der Waals surface area contributed by atoms with Crippen molar-refractivity contribution >= 4 is 23.2 Å². The van der Waals surface area contributed by atoms with Crippen LogP contribution >= 0.6 is 11.3 Å². The number of rotatable bonds is 4. The van der Waals surface area contributed by atoms with E-state index in [1.165, 1.54) is 16.2 Å². The molecule has 2 rings (SSSR count). The van der Waals surface area contributed by atoms with Crippen molar-refractivity contribution in [2.75, 3.05) is 0 Å². The summed E-state index contributed by atoms with van der Waals surface area (Å²) in [5, 5.41) is 9.04. The summed E-state index contributed by atoms with van der Waals surface area (Å²) < 4.78 is 0. The Morgan fingerprint density at radius 1 is 1.47 bits per heavy atom. The summed E-state index contributed by atoms with van der Waals surface area (Å²) in [5.41, 5.74) is 0. The van der Waals surface area contributed by atoms with Crippen molar-refractivity contribution in [1.82, 2.24) is 4.90 Å². The van der Waals surface area contributed by atoms with Crippen molar-refractivity contribution in [1.29, 1.82) is 0 Å². The Bertz CT molecular complexity index is 450. The van der Waals surface area contributed by atoms with E-state index in [2.05, 4.69) is 0 Å².